The van der Waals surface area contributed by atoms with Crippen LogP contribution >= 0.6 is 11.3 Å². The van der Waals surface area contributed by atoms with Crippen LogP contribution in [0.5, 0.6) is 0 Å². The van der Waals surface area contributed by atoms with Gasteiger partial charge in [-0.15, -0.1) is 11.3 Å². The van der Waals surface area contributed by atoms with E-state index < -0.39 is 6.23 Å². The maximum absolute atomic E-state index is 8.94. The number of rotatable bonds is 5. The van der Waals surface area contributed by atoms with Crippen LogP contribution in [0.15, 0.2) is 36.7 Å². The van der Waals surface area contributed by atoms with Crippen LogP contribution in [0.3, 0.4) is 0 Å². The fourth-order valence-corrected chi connectivity index (χ4v) is 3.64. The highest BCUT2D eigenvalue weighted by Gasteiger charge is 2.13. The van der Waals surface area contributed by atoms with Crippen LogP contribution in [-0.4, -0.2) is 28.3 Å². The van der Waals surface area contributed by atoms with E-state index in [1.807, 2.05) is 6.20 Å². The van der Waals surface area contributed by atoms with Gasteiger partial charge in [0.2, 0.25) is 0 Å². The molecule has 3 rings (SSSR count). The lowest BCUT2D eigenvalue weighted by Gasteiger charge is -2.25. The van der Waals surface area contributed by atoms with Crippen LogP contribution < -0.4 is 5.32 Å². The highest BCUT2D eigenvalue weighted by atomic mass is 32.1. The summed E-state index contributed by atoms with van der Waals surface area (Å²) < 4.78 is 0. The van der Waals surface area contributed by atoms with Gasteiger partial charge in [-0.05, 0) is 36.5 Å². The monoisotopic (exact) mass is 359 g/mol. The minimum atomic E-state index is -0.522. The van der Waals surface area contributed by atoms with Gasteiger partial charge in [0.25, 0.3) is 0 Å². The summed E-state index contributed by atoms with van der Waals surface area (Å²) in [5.41, 5.74) is 4.39. The minimum absolute atomic E-state index is 0.522. The molecule has 136 valence electrons. The first-order valence-electron chi connectivity index (χ1n) is 8.92. The number of aliphatic hydroxyl groups is 1. The van der Waals surface area contributed by atoms with Gasteiger partial charge in [0.1, 0.15) is 6.23 Å². The van der Waals surface area contributed by atoms with Gasteiger partial charge in [0.05, 0.1) is 0 Å². The zero-order chi connectivity index (χ0) is 18.2. The first-order valence-corrected chi connectivity index (χ1v) is 9.73. The highest BCUT2D eigenvalue weighted by molar-refractivity contribution is 7.15. The van der Waals surface area contributed by atoms with Crippen molar-refractivity contribution in [2.75, 3.05) is 12.4 Å². The average Bonchev–Trinajstić information content (AvgIpc) is 3.02. The van der Waals surface area contributed by atoms with Crippen LogP contribution in [0.2, 0.25) is 0 Å². The molecule has 1 aliphatic heterocycles. The molecule has 2 heterocycles. The number of aliphatic hydroxyl groups excluding tert-OH is 1. The summed E-state index contributed by atoms with van der Waals surface area (Å²) in [5.74, 6) is 0. The molecule has 4 nitrogen and oxygen atoms in total. The number of hydrogen-bond donors (Lipinski definition) is 2. The summed E-state index contributed by atoms with van der Waals surface area (Å²) in [6, 6.07) is 8.73. The van der Waals surface area contributed by atoms with Gasteiger partial charge in [0, 0.05) is 30.9 Å². The maximum atomic E-state index is 8.94. The fourth-order valence-electron chi connectivity index (χ4n) is 2.81. The lowest BCUT2D eigenvalue weighted by atomic mass is 9.94. The maximum Gasteiger partial charge on any atom is 0.184 e. The second-order valence-corrected chi connectivity index (χ2v) is 7.40. The van der Waals surface area contributed by atoms with Crippen molar-refractivity contribution in [2.24, 2.45) is 0 Å². The van der Waals surface area contributed by atoms with Gasteiger partial charge < -0.3 is 15.3 Å². The van der Waals surface area contributed by atoms with Crippen LogP contribution in [0.25, 0.3) is 5.57 Å². The molecule has 25 heavy (non-hydrogen) atoms. The Morgan fingerprint density at radius 1 is 1.32 bits per heavy atom. The number of nitrogens with one attached hydrogen (secondary N) is 1. The lowest BCUT2D eigenvalue weighted by molar-refractivity contribution is 0.224. The van der Waals surface area contributed by atoms with Gasteiger partial charge >= 0.3 is 0 Å². The molecular formula is C20H29N3OS. The van der Waals surface area contributed by atoms with Crippen LogP contribution in [0.1, 0.15) is 49.6 Å². The Morgan fingerprint density at radius 3 is 2.72 bits per heavy atom. The quantitative estimate of drug-likeness (QED) is 0.758. The second-order valence-electron chi connectivity index (χ2n) is 6.28. The molecule has 0 fully saturated rings. The topological polar surface area (TPSA) is 48.4 Å². The number of hydrogen-bond acceptors (Lipinski definition) is 5. The van der Waals surface area contributed by atoms with E-state index in [2.05, 4.69) is 66.6 Å². The molecule has 0 saturated carbocycles. The van der Waals surface area contributed by atoms with E-state index in [1.165, 1.54) is 34.4 Å². The zero-order valence-electron chi connectivity index (χ0n) is 15.6. The summed E-state index contributed by atoms with van der Waals surface area (Å²) in [5, 5.41) is 12.6. The number of nitrogens with zero attached hydrogens (tertiary/aromatic N) is 2. The van der Waals surface area contributed by atoms with Crippen molar-refractivity contribution in [3.63, 3.8) is 0 Å². The van der Waals surface area contributed by atoms with E-state index in [0.29, 0.717) is 0 Å². The largest absolute Gasteiger partial charge is 0.376 e. The molecule has 0 bridgehead atoms. The van der Waals surface area contributed by atoms with Crippen molar-refractivity contribution in [1.29, 1.82) is 0 Å². The predicted octanol–water partition coefficient (Wildman–Crippen LogP) is 4.73. The molecule has 0 saturated heterocycles. The molecule has 5 heteroatoms. The van der Waals surface area contributed by atoms with Gasteiger partial charge in [-0.3, -0.25) is 0 Å². The normalized spacial score (nSPS) is 14.1. The predicted molar refractivity (Wildman–Crippen MR) is 108 cm³/mol. The molecule has 1 atom stereocenters. The Labute approximate surface area is 155 Å². The van der Waals surface area contributed by atoms with Gasteiger partial charge in [-0.25, -0.2) is 4.98 Å². The Bertz CT molecular complexity index is 694. The molecule has 0 spiro atoms. The minimum Gasteiger partial charge on any atom is -0.376 e. The molecule has 1 aromatic carbocycles. The molecule has 1 unspecified atom stereocenters. The standard InChI is InChI=1S/C13H17N.C7H12N2OS/c1-3-6-11-9-14(2)10-12-7-4-5-8-13(11)12;1-3-6-4-8-7(11-6)9-5(2)10/h4-5,7-9H,3,6,10H2,1-2H3;4-5,10H,3H2,1-2H3,(H,8,9). The van der Waals surface area contributed by atoms with Crippen molar-refractivity contribution >= 4 is 22.0 Å². The van der Waals surface area contributed by atoms with Crippen LogP contribution in [0, 0.1) is 0 Å². The molecule has 1 aliphatic rings. The fraction of sp³-hybridized carbons (Fsp3) is 0.450. The van der Waals surface area contributed by atoms with Crippen molar-refractivity contribution < 1.29 is 5.11 Å². The Hall–Kier alpha value is -1.85. The number of allylic oxidation sites excluding steroid dienone is 1. The third-order valence-corrected chi connectivity index (χ3v) is 4.99. The van der Waals surface area contributed by atoms with Gasteiger partial charge in [0.15, 0.2) is 5.13 Å². The van der Waals surface area contributed by atoms with Crippen LogP contribution in [-0.2, 0) is 13.0 Å². The van der Waals surface area contributed by atoms with Crippen molar-refractivity contribution in [3.05, 3.63) is 52.7 Å². The summed E-state index contributed by atoms with van der Waals surface area (Å²) in [7, 11) is 2.14. The zero-order valence-corrected chi connectivity index (χ0v) is 16.4. The molecular weight excluding hydrogens is 330 g/mol. The molecule has 0 aliphatic carbocycles. The molecule has 0 amide bonds. The summed E-state index contributed by atoms with van der Waals surface area (Å²) in [6.45, 7) is 7.04. The number of anilines is 1. The number of benzene rings is 1. The highest BCUT2D eigenvalue weighted by Crippen LogP contribution is 2.28. The van der Waals surface area contributed by atoms with E-state index in [0.717, 1.165) is 18.1 Å². The average molecular weight is 360 g/mol. The number of aryl methyl sites for hydroxylation is 1. The van der Waals surface area contributed by atoms with E-state index >= 15 is 0 Å². The summed E-state index contributed by atoms with van der Waals surface area (Å²) in [6.07, 6.45) is 6.99. The molecule has 2 aromatic rings. The third-order valence-electron chi connectivity index (χ3n) is 3.91. The SMILES string of the molecule is CCCC1=CN(C)Cc2ccccc21.CCc1cnc(NC(C)O)s1. The van der Waals surface area contributed by atoms with Crippen molar-refractivity contribution in [2.45, 2.75) is 52.8 Å². The van der Waals surface area contributed by atoms with E-state index in [4.69, 9.17) is 5.11 Å². The molecule has 0 radical (unpaired) electrons. The molecule has 2 N–H and O–H groups in total. The third kappa shape index (κ3) is 5.87. The van der Waals surface area contributed by atoms with Crippen LogP contribution in [0.4, 0.5) is 5.13 Å². The second kappa shape index (κ2) is 9.59. The molecule has 1 aromatic heterocycles. The Morgan fingerprint density at radius 2 is 2.08 bits per heavy atom. The Kier molecular flexibility index (Phi) is 7.47. The van der Waals surface area contributed by atoms with Crippen molar-refractivity contribution in [1.82, 2.24) is 9.88 Å². The summed E-state index contributed by atoms with van der Waals surface area (Å²) in [4.78, 5) is 7.58. The Balaban J connectivity index is 0.000000186. The van der Waals surface area contributed by atoms with Crippen molar-refractivity contribution in [3.8, 4) is 0 Å². The number of aromatic nitrogens is 1. The van der Waals surface area contributed by atoms with E-state index in [-0.39, 0.29) is 0 Å². The van der Waals surface area contributed by atoms with Gasteiger partial charge in [-0.2, -0.15) is 0 Å². The van der Waals surface area contributed by atoms with E-state index in [9.17, 15) is 0 Å². The lowest BCUT2D eigenvalue weighted by Crippen LogP contribution is -2.16. The number of fused-ring (bicyclic) bond motifs is 1. The summed E-state index contributed by atoms with van der Waals surface area (Å²) >= 11 is 1.58. The van der Waals surface area contributed by atoms with Gasteiger partial charge in [-0.1, -0.05) is 44.5 Å². The number of thiazole rings is 1. The first kappa shape index (κ1) is 19.5. The smallest absolute Gasteiger partial charge is 0.184 e. The van der Waals surface area contributed by atoms with E-state index in [1.54, 1.807) is 18.3 Å². The first-order chi connectivity index (χ1) is 12.0.